The first-order valence-electron chi connectivity index (χ1n) is 7.31. The zero-order chi connectivity index (χ0) is 14.3. The topological polar surface area (TPSA) is 38.8 Å². The fourth-order valence-electron chi connectivity index (χ4n) is 3.18. The Kier molecular flexibility index (Phi) is 3.30. The number of unbranched alkanes of at least 4 members (excludes halogenated alkanes) is 1. The lowest BCUT2D eigenvalue weighted by molar-refractivity contribution is -0.180. The van der Waals surface area contributed by atoms with Crippen LogP contribution in [0.2, 0.25) is 0 Å². The van der Waals surface area contributed by atoms with Gasteiger partial charge in [0.1, 0.15) is 0 Å². The molecule has 108 valence electrons. The zero-order valence-electron chi connectivity index (χ0n) is 12.4. The molecule has 20 heavy (non-hydrogen) atoms. The van der Waals surface area contributed by atoms with E-state index in [9.17, 15) is 4.79 Å². The van der Waals surface area contributed by atoms with E-state index in [2.05, 4.69) is 13.0 Å². The third kappa shape index (κ3) is 1.79. The van der Waals surface area contributed by atoms with Crippen molar-refractivity contribution < 1.29 is 14.3 Å². The SMILES string of the molecule is CCCCN1C(=O)C2(OCCO2)c2cc(C)cc(C)c21. The van der Waals surface area contributed by atoms with Gasteiger partial charge < -0.3 is 14.4 Å². The van der Waals surface area contributed by atoms with Crippen LogP contribution in [0.15, 0.2) is 12.1 Å². The van der Waals surface area contributed by atoms with Crippen LogP contribution in [0.4, 0.5) is 5.69 Å². The summed E-state index contributed by atoms with van der Waals surface area (Å²) in [5.41, 5.74) is 4.11. The predicted octanol–water partition coefficient (Wildman–Crippen LogP) is 2.65. The lowest BCUT2D eigenvalue weighted by atomic mass is 10.0. The van der Waals surface area contributed by atoms with Crippen LogP contribution < -0.4 is 4.90 Å². The molecule has 0 radical (unpaired) electrons. The third-order valence-electron chi connectivity index (χ3n) is 4.03. The van der Waals surface area contributed by atoms with Crippen LogP contribution in [-0.4, -0.2) is 25.7 Å². The van der Waals surface area contributed by atoms with E-state index >= 15 is 0 Å². The minimum Gasteiger partial charge on any atom is -0.336 e. The van der Waals surface area contributed by atoms with E-state index in [1.807, 2.05) is 24.8 Å². The Labute approximate surface area is 119 Å². The highest BCUT2D eigenvalue weighted by molar-refractivity contribution is 6.07. The van der Waals surface area contributed by atoms with Gasteiger partial charge in [0, 0.05) is 12.1 Å². The van der Waals surface area contributed by atoms with Gasteiger partial charge in [0.25, 0.3) is 11.7 Å². The molecule has 0 aliphatic carbocycles. The van der Waals surface area contributed by atoms with Gasteiger partial charge >= 0.3 is 0 Å². The van der Waals surface area contributed by atoms with Crippen molar-refractivity contribution in [2.45, 2.75) is 39.4 Å². The standard InChI is InChI=1S/C16H21NO3/c1-4-5-6-17-14-12(3)9-11(2)10-13(14)16(15(17)18)19-7-8-20-16/h9-10H,4-8H2,1-3H3. The van der Waals surface area contributed by atoms with Crippen molar-refractivity contribution >= 4 is 11.6 Å². The lowest BCUT2D eigenvalue weighted by Gasteiger charge is -2.22. The summed E-state index contributed by atoms with van der Waals surface area (Å²) in [7, 11) is 0. The molecule has 0 bridgehead atoms. The van der Waals surface area contributed by atoms with E-state index < -0.39 is 5.79 Å². The van der Waals surface area contributed by atoms with E-state index in [1.165, 1.54) is 0 Å². The number of carbonyl (C=O) groups is 1. The fourth-order valence-corrected chi connectivity index (χ4v) is 3.18. The zero-order valence-corrected chi connectivity index (χ0v) is 12.4. The summed E-state index contributed by atoms with van der Waals surface area (Å²) in [6, 6.07) is 4.14. The van der Waals surface area contributed by atoms with Gasteiger partial charge in [-0.25, -0.2) is 0 Å². The van der Waals surface area contributed by atoms with Crippen LogP contribution in [0.1, 0.15) is 36.5 Å². The first-order chi connectivity index (χ1) is 9.60. The van der Waals surface area contributed by atoms with Crippen molar-refractivity contribution in [3.8, 4) is 0 Å². The molecule has 1 aromatic rings. The van der Waals surface area contributed by atoms with Crippen molar-refractivity contribution in [1.29, 1.82) is 0 Å². The molecule has 0 N–H and O–H groups in total. The summed E-state index contributed by atoms with van der Waals surface area (Å²) in [4.78, 5) is 14.7. The molecule has 1 saturated heterocycles. The van der Waals surface area contributed by atoms with Crippen LogP contribution in [0.25, 0.3) is 0 Å². The van der Waals surface area contributed by atoms with Crippen molar-refractivity contribution in [2.75, 3.05) is 24.7 Å². The Morgan fingerprint density at radius 1 is 1.25 bits per heavy atom. The summed E-state index contributed by atoms with van der Waals surface area (Å²) in [6.45, 7) is 7.88. The van der Waals surface area contributed by atoms with Crippen molar-refractivity contribution in [1.82, 2.24) is 0 Å². The van der Waals surface area contributed by atoms with E-state index in [1.54, 1.807) is 0 Å². The molecule has 1 spiro atoms. The molecular formula is C16H21NO3. The minimum atomic E-state index is -1.18. The molecule has 4 nitrogen and oxygen atoms in total. The van der Waals surface area contributed by atoms with E-state index in [4.69, 9.17) is 9.47 Å². The molecule has 1 aromatic carbocycles. The highest BCUT2D eigenvalue weighted by Crippen LogP contribution is 2.47. The minimum absolute atomic E-state index is 0.0628. The maximum atomic E-state index is 12.8. The molecular weight excluding hydrogens is 254 g/mol. The number of amides is 1. The number of hydrogen-bond acceptors (Lipinski definition) is 3. The summed E-state index contributed by atoms with van der Waals surface area (Å²) < 4.78 is 11.5. The number of hydrogen-bond donors (Lipinski definition) is 0. The van der Waals surface area contributed by atoms with E-state index in [0.29, 0.717) is 13.2 Å². The Morgan fingerprint density at radius 2 is 1.95 bits per heavy atom. The summed E-state index contributed by atoms with van der Waals surface area (Å²) >= 11 is 0. The molecule has 1 fully saturated rings. The molecule has 0 aromatic heterocycles. The first-order valence-corrected chi connectivity index (χ1v) is 7.31. The van der Waals surface area contributed by atoms with Gasteiger partial charge in [0.15, 0.2) is 0 Å². The summed E-state index contributed by atoms with van der Waals surface area (Å²) in [5.74, 6) is -1.24. The lowest BCUT2D eigenvalue weighted by Crippen LogP contribution is -2.41. The molecule has 0 unspecified atom stereocenters. The number of aryl methyl sites for hydroxylation is 2. The molecule has 4 heteroatoms. The normalized spacial score (nSPS) is 19.9. The summed E-state index contributed by atoms with van der Waals surface area (Å²) in [6.07, 6.45) is 2.04. The Hall–Kier alpha value is -1.39. The molecule has 0 atom stereocenters. The maximum Gasteiger partial charge on any atom is 0.292 e. The molecule has 2 aliphatic rings. The number of nitrogens with zero attached hydrogens (tertiary/aromatic N) is 1. The summed E-state index contributed by atoms with van der Waals surface area (Å²) in [5, 5.41) is 0. The monoisotopic (exact) mass is 275 g/mol. The second-order valence-corrected chi connectivity index (χ2v) is 5.60. The number of fused-ring (bicyclic) bond motifs is 2. The molecule has 3 rings (SSSR count). The van der Waals surface area contributed by atoms with E-state index in [-0.39, 0.29) is 5.91 Å². The Bertz CT molecular complexity index is 547. The second kappa shape index (κ2) is 4.86. The van der Waals surface area contributed by atoms with Crippen molar-refractivity contribution in [2.24, 2.45) is 0 Å². The van der Waals surface area contributed by atoms with Gasteiger partial charge in [-0.3, -0.25) is 4.79 Å². The predicted molar refractivity (Wildman–Crippen MR) is 76.8 cm³/mol. The van der Waals surface area contributed by atoms with Gasteiger partial charge in [0.05, 0.1) is 18.9 Å². The maximum absolute atomic E-state index is 12.8. The highest BCUT2D eigenvalue weighted by atomic mass is 16.7. The number of benzene rings is 1. The van der Waals surface area contributed by atoms with Crippen LogP contribution >= 0.6 is 0 Å². The average molecular weight is 275 g/mol. The largest absolute Gasteiger partial charge is 0.336 e. The van der Waals surface area contributed by atoms with Crippen LogP contribution in [0, 0.1) is 13.8 Å². The number of carbonyl (C=O) groups excluding carboxylic acids is 1. The fraction of sp³-hybridized carbons (Fsp3) is 0.562. The third-order valence-corrected chi connectivity index (χ3v) is 4.03. The highest BCUT2D eigenvalue weighted by Gasteiger charge is 2.56. The van der Waals surface area contributed by atoms with Gasteiger partial charge in [0.2, 0.25) is 0 Å². The van der Waals surface area contributed by atoms with Crippen LogP contribution in [-0.2, 0) is 20.1 Å². The molecule has 1 amide bonds. The van der Waals surface area contributed by atoms with Gasteiger partial charge in [-0.1, -0.05) is 25.0 Å². The number of rotatable bonds is 3. The molecule has 2 heterocycles. The average Bonchev–Trinajstić information content (AvgIpc) is 2.97. The first kappa shape index (κ1) is 13.6. The van der Waals surface area contributed by atoms with Crippen molar-refractivity contribution in [3.63, 3.8) is 0 Å². The molecule has 0 saturated carbocycles. The van der Waals surface area contributed by atoms with Crippen LogP contribution in [0.3, 0.4) is 0 Å². The number of anilines is 1. The Morgan fingerprint density at radius 3 is 2.60 bits per heavy atom. The van der Waals surface area contributed by atoms with Gasteiger partial charge in [-0.05, 0) is 31.9 Å². The van der Waals surface area contributed by atoms with Gasteiger partial charge in [-0.15, -0.1) is 0 Å². The number of ether oxygens (including phenoxy) is 2. The smallest absolute Gasteiger partial charge is 0.292 e. The Balaban J connectivity index is 2.13. The quantitative estimate of drug-likeness (QED) is 0.851. The molecule has 2 aliphatic heterocycles. The van der Waals surface area contributed by atoms with Gasteiger partial charge in [-0.2, -0.15) is 0 Å². The second-order valence-electron chi connectivity index (χ2n) is 5.60. The van der Waals surface area contributed by atoms with Crippen molar-refractivity contribution in [3.05, 3.63) is 28.8 Å². The van der Waals surface area contributed by atoms with E-state index in [0.717, 1.165) is 41.8 Å². The van der Waals surface area contributed by atoms with Crippen LogP contribution in [0.5, 0.6) is 0 Å².